The quantitative estimate of drug-likeness (QED) is 0.897. The van der Waals surface area contributed by atoms with E-state index in [2.05, 4.69) is 16.5 Å². The first-order valence-electron chi connectivity index (χ1n) is 8.30. The van der Waals surface area contributed by atoms with Crippen molar-refractivity contribution in [1.82, 2.24) is 14.7 Å². The van der Waals surface area contributed by atoms with Gasteiger partial charge >= 0.3 is 6.03 Å². The Balaban J connectivity index is 1.90. The number of carbonyl (C=O) groups excluding carboxylic acids is 1. The normalized spacial score (nSPS) is 16.7. The number of rotatable bonds is 3. The molecule has 7 nitrogen and oxygen atoms in total. The molecule has 1 aliphatic heterocycles. The number of aliphatic hydroxyl groups excluding tert-OH is 1. The van der Waals surface area contributed by atoms with Crippen LogP contribution in [0.25, 0.3) is 5.69 Å². The minimum absolute atomic E-state index is 0.0275. The highest BCUT2D eigenvalue weighted by atomic mass is 16.3. The smallest absolute Gasteiger partial charge is 0.323 e. The maximum atomic E-state index is 12.6. The third-order valence-electron chi connectivity index (χ3n) is 4.67. The second kappa shape index (κ2) is 6.95. The van der Waals surface area contributed by atoms with Gasteiger partial charge in [0.2, 0.25) is 0 Å². The SMILES string of the molecule is Cc1nn(-c2ccc(C#N)cc2)c(NC(=O)N2CCC[C@H]2CO)c1C. The molecule has 1 fully saturated rings. The first-order valence-corrected chi connectivity index (χ1v) is 8.30. The average Bonchev–Trinajstić information content (AvgIpc) is 3.22. The third kappa shape index (κ3) is 3.21. The lowest BCUT2D eigenvalue weighted by Crippen LogP contribution is -2.40. The van der Waals surface area contributed by atoms with E-state index in [4.69, 9.17) is 5.26 Å². The zero-order valence-electron chi connectivity index (χ0n) is 14.4. The fraction of sp³-hybridized carbons (Fsp3) is 0.389. The molecule has 25 heavy (non-hydrogen) atoms. The Kier molecular flexibility index (Phi) is 4.72. The molecule has 7 heteroatoms. The minimum Gasteiger partial charge on any atom is -0.394 e. The number of likely N-dealkylation sites (tertiary alicyclic amines) is 1. The van der Waals surface area contributed by atoms with Crippen molar-refractivity contribution >= 4 is 11.8 Å². The maximum Gasteiger partial charge on any atom is 0.323 e. The molecule has 1 saturated heterocycles. The zero-order valence-corrected chi connectivity index (χ0v) is 14.4. The summed E-state index contributed by atoms with van der Waals surface area (Å²) in [7, 11) is 0. The van der Waals surface area contributed by atoms with Gasteiger partial charge in [-0.15, -0.1) is 0 Å². The summed E-state index contributed by atoms with van der Waals surface area (Å²) in [4.78, 5) is 14.3. The molecule has 2 amide bonds. The van der Waals surface area contributed by atoms with Gasteiger partial charge in [0.15, 0.2) is 0 Å². The van der Waals surface area contributed by atoms with Gasteiger partial charge < -0.3 is 10.0 Å². The molecule has 0 bridgehead atoms. The summed E-state index contributed by atoms with van der Waals surface area (Å²) in [6.07, 6.45) is 1.71. The number of aromatic nitrogens is 2. The number of nitrogens with zero attached hydrogens (tertiary/aromatic N) is 4. The molecule has 2 aromatic rings. The van der Waals surface area contributed by atoms with Gasteiger partial charge in [0.1, 0.15) is 5.82 Å². The summed E-state index contributed by atoms with van der Waals surface area (Å²) in [5.41, 5.74) is 3.04. The highest BCUT2D eigenvalue weighted by Gasteiger charge is 2.29. The number of urea groups is 1. The number of amides is 2. The van der Waals surface area contributed by atoms with Crippen LogP contribution in [0.3, 0.4) is 0 Å². The van der Waals surface area contributed by atoms with Crippen molar-refractivity contribution in [3.63, 3.8) is 0 Å². The van der Waals surface area contributed by atoms with Crippen LogP contribution in [0.2, 0.25) is 0 Å². The van der Waals surface area contributed by atoms with Crippen molar-refractivity contribution in [2.24, 2.45) is 0 Å². The number of anilines is 1. The summed E-state index contributed by atoms with van der Waals surface area (Å²) < 4.78 is 1.67. The van der Waals surface area contributed by atoms with Crippen LogP contribution in [-0.2, 0) is 0 Å². The standard InChI is InChI=1S/C18H21N5O2/c1-12-13(2)21-23(15-7-5-14(10-19)6-8-15)17(12)20-18(25)22-9-3-4-16(22)11-24/h5-8,16,24H,3-4,9,11H2,1-2H3,(H,20,25)/t16-/m0/s1. The lowest BCUT2D eigenvalue weighted by molar-refractivity contribution is 0.166. The van der Waals surface area contributed by atoms with E-state index in [0.717, 1.165) is 29.8 Å². The lowest BCUT2D eigenvalue weighted by Gasteiger charge is -2.23. The number of nitriles is 1. The van der Waals surface area contributed by atoms with Crippen LogP contribution in [0.1, 0.15) is 29.7 Å². The summed E-state index contributed by atoms with van der Waals surface area (Å²) in [6.45, 7) is 4.41. The molecule has 2 heterocycles. The number of aliphatic hydroxyl groups is 1. The van der Waals surface area contributed by atoms with Gasteiger partial charge in [-0.25, -0.2) is 9.48 Å². The zero-order chi connectivity index (χ0) is 18.0. The minimum atomic E-state index is -0.227. The van der Waals surface area contributed by atoms with E-state index in [0.29, 0.717) is 17.9 Å². The van der Waals surface area contributed by atoms with Crippen LogP contribution < -0.4 is 5.32 Å². The Bertz CT molecular complexity index is 819. The van der Waals surface area contributed by atoms with Gasteiger partial charge in [-0.3, -0.25) is 5.32 Å². The fourth-order valence-electron chi connectivity index (χ4n) is 3.08. The molecule has 0 spiro atoms. The van der Waals surface area contributed by atoms with E-state index in [1.54, 1.807) is 33.8 Å². The second-order valence-corrected chi connectivity index (χ2v) is 6.23. The van der Waals surface area contributed by atoms with Crippen LogP contribution in [0, 0.1) is 25.2 Å². The van der Waals surface area contributed by atoms with Crippen molar-refractivity contribution in [1.29, 1.82) is 5.26 Å². The summed E-state index contributed by atoms with van der Waals surface area (Å²) in [6, 6.07) is 8.76. The van der Waals surface area contributed by atoms with Crippen LogP contribution >= 0.6 is 0 Å². The Morgan fingerprint density at radius 3 is 2.76 bits per heavy atom. The largest absolute Gasteiger partial charge is 0.394 e. The number of aryl methyl sites for hydroxylation is 1. The highest BCUT2D eigenvalue weighted by molar-refractivity contribution is 5.90. The molecule has 0 unspecified atom stereocenters. The Morgan fingerprint density at radius 1 is 1.40 bits per heavy atom. The monoisotopic (exact) mass is 339 g/mol. The van der Waals surface area contributed by atoms with Gasteiger partial charge in [0.05, 0.1) is 35.7 Å². The van der Waals surface area contributed by atoms with Gasteiger partial charge in [-0.2, -0.15) is 10.4 Å². The lowest BCUT2D eigenvalue weighted by atomic mass is 10.2. The van der Waals surface area contributed by atoms with Crippen LogP contribution in [0.15, 0.2) is 24.3 Å². The average molecular weight is 339 g/mol. The molecule has 130 valence electrons. The summed E-state index contributed by atoms with van der Waals surface area (Å²) in [5, 5.41) is 25.8. The molecule has 0 radical (unpaired) electrons. The molecule has 1 aliphatic rings. The van der Waals surface area contributed by atoms with E-state index in [-0.39, 0.29) is 18.7 Å². The van der Waals surface area contributed by atoms with Crippen molar-refractivity contribution in [3.05, 3.63) is 41.1 Å². The number of hydrogen-bond donors (Lipinski definition) is 2. The highest BCUT2D eigenvalue weighted by Crippen LogP contribution is 2.25. The van der Waals surface area contributed by atoms with E-state index >= 15 is 0 Å². The number of hydrogen-bond acceptors (Lipinski definition) is 4. The molecule has 1 aromatic carbocycles. The Hall–Kier alpha value is -2.85. The van der Waals surface area contributed by atoms with Crippen molar-refractivity contribution < 1.29 is 9.90 Å². The van der Waals surface area contributed by atoms with Gasteiger partial charge in [0, 0.05) is 12.1 Å². The molecule has 0 saturated carbocycles. The number of carbonyl (C=O) groups is 1. The molecule has 0 aliphatic carbocycles. The Labute approximate surface area is 146 Å². The number of nitrogens with one attached hydrogen (secondary N) is 1. The van der Waals surface area contributed by atoms with Crippen molar-refractivity contribution in [3.8, 4) is 11.8 Å². The Morgan fingerprint density at radius 2 is 2.12 bits per heavy atom. The molecule has 2 N–H and O–H groups in total. The van der Waals surface area contributed by atoms with E-state index in [9.17, 15) is 9.90 Å². The third-order valence-corrected chi connectivity index (χ3v) is 4.67. The van der Waals surface area contributed by atoms with Gasteiger partial charge in [-0.1, -0.05) is 0 Å². The van der Waals surface area contributed by atoms with Gasteiger partial charge in [-0.05, 0) is 51.0 Å². The topological polar surface area (TPSA) is 94.2 Å². The number of benzene rings is 1. The maximum absolute atomic E-state index is 12.6. The second-order valence-electron chi connectivity index (χ2n) is 6.23. The van der Waals surface area contributed by atoms with E-state index in [1.807, 2.05) is 13.8 Å². The molecular formula is C18H21N5O2. The van der Waals surface area contributed by atoms with E-state index < -0.39 is 0 Å². The predicted molar refractivity (Wildman–Crippen MR) is 93.6 cm³/mol. The summed E-state index contributed by atoms with van der Waals surface area (Å²) in [5.74, 6) is 0.607. The van der Waals surface area contributed by atoms with Crippen molar-refractivity contribution in [2.45, 2.75) is 32.7 Å². The van der Waals surface area contributed by atoms with Gasteiger partial charge in [0.25, 0.3) is 0 Å². The van der Waals surface area contributed by atoms with Crippen molar-refractivity contribution in [2.75, 3.05) is 18.5 Å². The predicted octanol–water partition coefficient (Wildman–Crippen LogP) is 2.35. The molecular weight excluding hydrogens is 318 g/mol. The molecule has 1 atom stereocenters. The van der Waals surface area contributed by atoms with Crippen LogP contribution in [-0.4, -0.2) is 45.0 Å². The fourth-order valence-corrected chi connectivity index (χ4v) is 3.08. The first-order chi connectivity index (χ1) is 12.0. The van der Waals surface area contributed by atoms with E-state index in [1.165, 1.54) is 0 Å². The van der Waals surface area contributed by atoms with Crippen LogP contribution in [0.4, 0.5) is 10.6 Å². The summed E-state index contributed by atoms with van der Waals surface area (Å²) >= 11 is 0. The molecule has 1 aromatic heterocycles. The first kappa shape index (κ1) is 17.0. The van der Waals surface area contributed by atoms with Crippen LogP contribution in [0.5, 0.6) is 0 Å². The molecule has 3 rings (SSSR count).